The molecule has 0 aliphatic rings. The van der Waals surface area contributed by atoms with Crippen LogP contribution in [0.5, 0.6) is 11.8 Å². The molecule has 32 heavy (non-hydrogen) atoms. The number of rotatable bonds is 5. The minimum atomic E-state index is -0.769. The number of aromatic nitrogens is 1. The smallest absolute Gasteiger partial charge is 0.295 e. The first kappa shape index (κ1) is 20.9. The van der Waals surface area contributed by atoms with Gasteiger partial charge in [0.2, 0.25) is 11.8 Å². The van der Waals surface area contributed by atoms with Crippen molar-refractivity contribution in [3.05, 3.63) is 95.3 Å². The van der Waals surface area contributed by atoms with Crippen molar-refractivity contribution in [2.24, 2.45) is 10.2 Å². The molecule has 0 saturated heterocycles. The van der Waals surface area contributed by atoms with Crippen LogP contribution in [0.25, 0.3) is 10.8 Å². The fraction of sp³-hybridized carbons (Fsp3) is 0.0833. The van der Waals surface area contributed by atoms with Gasteiger partial charge in [-0.2, -0.15) is 0 Å². The van der Waals surface area contributed by atoms with E-state index in [0.29, 0.717) is 10.9 Å². The standard InChI is InChI=1S/C24H18FN3O4/c25-18-9-6-15(7-10-18)12-21(29)26-27-22(30)17-8-11-19-20(13-17)24(32)28(23(19)31)14-16-4-2-1-3-5-16/h1-11,13,31-32H,12,14H2. The number of hydrogen-bond acceptors (Lipinski definition) is 4. The van der Waals surface area contributed by atoms with Crippen molar-refractivity contribution in [3.63, 3.8) is 0 Å². The van der Waals surface area contributed by atoms with E-state index in [9.17, 15) is 24.2 Å². The predicted molar refractivity (Wildman–Crippen MR) is 115 cm³/mol. The van der Waals surface area contributed by atoms with E-state index in [4.69, 9.17) is 0 Å². The summed E-state index contributed by atoms with van der Waals surface area (Å²) in [5.41, 5.74) is 1.52. The molecule has 0 unspecified atom stereocenters. The maximum absolute atomic E-state index is 12.9. The van der Waals surface area contributed by atoms with Crippen LogP contribution in [0.1, 0.15) is 21.5 Å². The Morgan fingerprint density at radius 3 is 2.22 bits per heavy atom. The van der Waals surface area contributed by atoms with Crippen molar-refractivity contribution in [2.45, 2.75) is 13.0 Å². The maximum Gasteiger partial charge on any atom is 0.295 e. The first-order valence-corrected chi connectivity index (χ1v) is 9.74. The zero-order valence-corrected chi connectivity index (χ0v) is 16.8. The Morgan fingerprint density at radius 2 is 1.50 bits per heavy atom. The maximum atomic E-state index is 12.9. The summed E-state index contributed by atoms with van der Waals surface area (Å²) in [6, 6.07) is 19.0. The summed E-state index contributed by atoms with van der Waals surface area (Å²) in [4.78, 5) is 24.3. The number of benzene rings is 3. The topological polar surface area (TPSA) is 104 Å². The van der Waals surface area contributed by atoms with Gasteiger partial charge in [-0.05, 0) is 41.5 Å². The molecule has 4 aromatic rings. The van der Waals surface area contributed by atoms with Gasteiger partial charge in [0.05, 0.1) is 13.0 Å². The highest BCUT2D eigenvalue weighted by atomic mass is 19.1. The number of hydrogen-bond donors (Lipinski definition) is 2. The van der Waals surface area contributed by atoms with E-state index in [1.165, 1.54) is 47.0 Å². The molecule has 3 aromatic carbocycles. The number of carbonyl (C=O) groups excluding carboxylic acids is 2. The van der Waals surface area contributed by atoms with E-state index < -0.39 is 17.6 Å². The normalized spacial score (nSPS) is 11.3. The number of amides is 2. The average Bonchev–Trinajstić information content (AvgIpc) is 3.04. The van der Waals surface area contributed by atoms with Gasteiger partial charge in [0.15, 0.2) is 0 Å². The van der Waals surface area contributed by atoms with Gasteiger partial charge in [-0.3, -0.25) is 14.2 Å². The molecule has 2 N–H and O–H groups in total. The fourth-order valence-electron chi connectivity index (χ4n) is 3.34. The minimum absolute atomic E-state index is 0.1000. The third-order valence-electron chi connectivity index (χ3n) is 4.96. The number of carbonyl (C=O) groups is 2. The van der Waals surface area contributed by atoms with Gasteiger partial charge in [0.25, 0.3) is 11.8 Å². The largest absolute Gasteiger partial charge is 0.494 e. The van der Waals surface area contributed by atoms with Crippen molar-refractivity contribution < 1.29 is 24.2 Å². The molecule has 160 valence electrons. The van der Waals surface area contributed by atoms with Crippen LogP contribution in [0, 0.1) is 5.82 Å². The Morgan fingerprint density at radius 1 is 0.812 bits per heavy atom. The third kappa shape index (κ3) is 4.39. The lowest BCUT2D eigenvalue weighted by molar-refractivity contribution is -0.117. The molecule has 0 atom stereocenters. The highest BCUT2D eigenvalue weighted by Crippen LogP contribution is 2.37. The van der Waals surface area contributed by atoms with Gasteiger partial charge in [0, 0.05) is 16.3 Å². The molecule has 1 aromatic heterocycles. The lowest BCUT2D eigenvalue weighted by Gasteiger charge is -2.06. The molecule has 0 spiro atoms. The Kier molecular flexibility index (Phi) is 5.76. The minimum Gasteiger partial charge on any atom is -0.494 e. The van der Waals surface area contributed by atoms with Crippen LogP contribution in [-0.4, -0.2) is 26.6 Å². The molecule has 0 saturated carbocycles. The van der Waals surface area contributed by atoms with Crippen LogP contribution in [0.15, 0.2) is 83.0 Å². The average molecular weight is 431 g/mol. The Hall–Kier alpha value is -4.33. The van der Waals surface area contributed by atoms with Gasteiger partial charge < -0.3 is 10.2 Å². The van der Waals surface area contributed by atoms with Gasteiger partial charge in [-0.15, -0.1) is 10.2 Å². The summed E-state index contributed by atoms with van der Waals surface area (Å²) in [6.45, 7) is 0.244. The van der Waals surface area contributed by atoms with Crippen molar-refractivity contribution in [2.75, 3.05) is 0 Å². The van der Waals surface area contributed by atoms with Crippen LogP contribution in [0.4, 0.5) is 4.39 Å². The van der Waals surface area contributed by atoms with Gasteiger partial charge in [-0.1, -0.05) is 42.5 Å². The number of aromatic hydroxyl groups is 2. The second-order valence-corrected chi connectivity index (χ2v) is 7.18. The summed E-state index contributed by atoms with van der Waals surface area (Å²) in [5, 5.41) is 28.6. The van der Waals surface area contributed by atoms with E-state index in [-0.39, 0.29) is 35.7 Å². The lowest BCUT2D eigenvalue weighted by atomic mass is 10.1. The molecule has 8 heteroatoms. The Labute approximate surface area is 182 Å². The summed E-state index contributed by atoms with van der Waals surface area (Å²) in [5.74, 6) is -2.16. The van der Waals surface area contributed by atoms with E-state index in [2.05, 4.69) is 10.2 Å². The summed E-state index contributed by atoms with van der Waals surface area (Å²) >= 11 is 0. The fourth-order valence-corrected chi connectivity index (χ4v) is 3.34. The number of azo groups is 1. The van der Waals surface area contributed by atoms with Gasteiger partial charge in [-0.25, -0.2) is 4.39 Å². The van der Waals surface area contributed by atoms with Crippen LogP contribution in [0.3, 0.4) is 0 Å². The predicted octanol–water partition coefficient (Wildman–Crippen LogP) is 4.60. The highest BCUT2D eigenvalue weighted by molar-refractivity contribution is 6.02. The van der Waals surface area contributed by atoms with Crippen molar-refractivity contribution >= 4 is 22.6 Å². The number of nitrogens with zero attached hydrogens (tertiary/aromatic N) is 3. The summed E-state index contributed by atoms with van der Waals surface area (Å²) in [6.07, 6.45) is -0.118. The molecule has 0 aliphatic heterocycles. The molecular formula is C24H18FN3O4. The Balaban J connectivity index is 1.53. The van der Waals surface area contributed by atoms with E-state index in [1.807, 2.05) is 30.3 Å². The highest BCUT2D eigenvalue weighted by Gasteiger charge is 2.18. The monoisotopic (exact) mass is 431 g/mol. The SMILES string of the molecule is O=C(Cc1ccc(F)cc1)N=NC(=O)c1ccc2c(O)n(Cc3ccccc3)c(O)c2c1. The molecule has 2 amide bonds. The second kappa shape index (κ2) is 8.81. The molecular weight excluding hydrogens is 413 g/mol. The molecule has 0 bridgehead atoms. The lowest BCUT2D eigenvalue weighted by Crippen LogP contribution is -2.00. The van der Waals surface area contributed by atoms with E-state index in [0.717, 1.165) is 5.56 Å². The molecule has 0 radical (unpaired) electrons. The summed E-state index contributed by atoms with van der Waals surface area (Å²) in [7, 11) is 0. The van der Waals surface area contributed by atoms with Crippen molar-refractivity contribution in [3.8, 4) is 11.8 Å². The zero-order chi connectivity index (χ0) is 22.7. The molecule has 7 nitrogen and oxygen atoms in total. The first-order chi connectivity index (χ1) is 15.4. The summed E-state index contributed by atoms with van der Waals surface area (Å²) < 4.78 is 14.3. The molecule has 0 aliphatic carbocycles. The number of halogens is 1. The third-order valence-corrected chi connectivity index (χ3v) is 4.96. The quantitative estimate of drug-likeness (QED) is 0.451. The second-order valence-electron chi connectivity index (χ2n) is 7.18. The van der Waals surface area contributed by atoms with Crippen LogP contribution in [0.2, 0.25) is 0 Å². The zero-order valence-electron chi connectivity index (χ0n) is 16.8. The Bertz CT molecular complexity index is 1330. The van der Waals surface area contributed by atoms with Crippen LogP contribution < -0.4 is 0 Å². The van der Waals surface area contributed by atoms with Gasteiger partial charge >= 0.3 is 0 Å². The van der Waals surface area contributed by atoms with Crippen LogP contribution >= 0.6 is 0 Å². The van der Waals surface area contributed by atoms with Crippen LogP contribution in [-0.2, 0) is 17.8 Å². The molecule has 1 heterocycles. The molecule has 0 fully saturated rings. The van der Waals surface area contributed by atoms with Gasteiger partial charge in [0.1, 0.15) is 5.82 Å². The number of fused-ring (bicyclic) bond motifs is 1. The van der Waals surface area contributed by atoms with Crippen molar-refractivity contribution in [1.29, 1.82) is 0 Å². The van der Waals surface area contributed by atoms with Crippen molar-refractivity contribution in [1.82, 2.24) is 4.57 Å². The van der Waals surface area contributed by atoms with E-state index in [1.54, 1.807) is 0 Å². The van der Waals surface area contributed by atoms with E-state index >= 15 is 0 Å². The first-order valence-electron chi connectivity index (χ1n) is 9.74. The molecule has 4 rings (SSSR count).